The molecule has 4 aromatic rings. The van der Waals surface area contributed by atoms with Crippen LogP contribution in [0.3, 0.4) is 0 Å². The Balaban J connectivity index is 1.67. The summed E-state index contributed by atoms with van der Waals surface area (Å²) in [6.07, 6.45) is 9.11. The van der Waals surface area contributed by atoms with Crippen LogP contribution in [-0.4, -0.2) is 31.8 Å². The Morgan fingerprint density at radius 3 is 2.54 bits per heavy atom. The summed E-state index contributed by atoms with van der Waals surface area (Å²) in [5.41, 5.74) is 2.73. The number of hydrogen-bond donors (Lipinski definition) is 0. The lowest BCUT2D eigenvalue weighted by Crippen LogP contribution is -2.02. The van der Waals surface area contributed by atoms with Crippen LogP contribution in [0.4, 0.5) is 0 Å². The van der Waals surface area contributed by atoms with Crippen molar-refractivity contribution in [1.29, 1.82) is 0 Å². The highest BCUT2D eigenvalue weighted by atomic mass is 16.5. The Labute approximate surface area is 163 Å². The van der Waals surface area contributed by atoms with Gasteiger partial charge in [-0.3, -0.25) is 4.98 Å². The summed E-state index contributed by atoms with van der Waals surface area (Å²) in [6.45, 7) is 0.573. The largest absolute Gasteiger partial charge is 0.497 e. The lowest BCUT2D eigenvalue weighted by atomic mass is 10.2. The molecule has 0 atom stereocenters. The molecule has 0 saturated carbocycles. The minimum Gasteiger partial charge on any atom is -0.497 e. The van der Waals surface area contributed by atoms with E-state index in [4.69, 9.17) is 9.72 Å². The normalized spacial score (nSPS) is 11.0. The number of nitrogens with zero attached hydrogens (tertiary/aromatic N) is 5. The van der Waals surface area contributed by atoms with Crippen LogP contribution in [0.2, 0.25) is 0 Å². The van der Waals surface area contributed by atoms with Crippen LogP contribution >= 0.6 is 0 Å². The van der Waals surface area contributed by atoms with Gasteiger partial charge in [0.15, 0.2) is 11.6 Å². The van der Waals surface area contributed by atoms with E-state index in [1.807, 2.05) is 47.1 Å². The zero-order valence-corrected chi connectivity index (χ0v) is 15.4. The summed E-state index contributed by atoms with van der Waals surface area (Å²) in [5, 5.41) is 4.69. The van der Waals surface area contributed by atoms with Gasteiger partial charge >= 0.3 is 0 Å². The zero-order valence-electron chi connectivity index (χ0n) is 15.4. The van der Waals surface area contributed by atoms with E-state index >= 15 is 0 Å². The standard InChI is InChI=1S/C22H19N5O/c1-28-19-11-9-18(10-12-19)21-25-22(20-16-23-13-14-24-20)27(26-21)15-5-8-17-6-3-2-4-7-17/h2-14,16H,15H2,1H3. The highest BCUT2D eigenvalue weighted by Crippen LogP contribution is 2.23. The number of methoxy groups -OCH3 is 1. The molecule has 28 heavy (non-hydrogen) atoms. The van der Waals surface area contributed by atoms with Gasteiger partial charge in [-0.15, -0.1) is 0 Å². The molecule has 0 aliphatic heterocycles. The molecule has 0 aliphatic carbocycles. The Morgan fingerprint density at radius 1 is 1.00 bits per heavy atom. The van der Waals surface area contributed by atoms with E-state index in [-0.39, 0.29) is 0 Å². The van der Waals surface area contributed by atoms with Gasteiger partial charge < -0.3 is 4.74 Å². The Bertz CT molecular complexity index is 1060. The minimum absolute atomic E-state index is 0.573. The second-order valence-electron chi connectivity index (χ2n) is 6.07. The SMILES string of the molecule is COc1ccc(-c2nc(-c3cnccn3)n(CC=Cc3ccccc3)n2)cc1. The number of benzene rings is 2. The molecule has 6 heteroatoms. The van der Waals surface area contributed by atoms with E-state index in [1.54, 1.807) is 25.7 Å². The van der Waals surface area contributed by atoms with Crippen molar-refractivity contribution < 1.29 is 4.74 Å². The Hall–Kier alpha value is -3.80. The highest BCUT2D eigenvalue weighted by molar-refractivity contribution is 5.60. The van der Waals surface area contributed by atoms with Crippen LogP contribution in [0.25, 0.3) is 29.0 Å². The first-order valence-corrected chi connectivity index (χ1v) is 8.91. The van der Waals surface area contributed by atoms with E-state index in [0.717, 1.165) is 16.9 Å². The van der Waals surface area contributed by atoms with E-state index < -0.39 is 0 Å². The second kappa shape index (κ2) is 8.26. The third-order valence-electron chi connectivity index (χ3n) is 4.20. The fourth-order valence-electron chi connectivity index (χ4n) is 2.79. The van der Waals surface area contributed by atoms with Crippen molar-refractivity contribution in [1.82, 2.24) is 24.7 Å². The monoisotopic (exact) mass is 369 g/mol. The van der Waals surface area contributed by atoms with Gasteiger partial charge in [0.25, 0.3) is 0 Å². The van der Waals surface area contributed by atoms with Gasteiger partial charge in [-0.1, -0.05) is 42.5 Å². The molecule has 0 fully saturated rings. The smallest absolute Gasteiger partial charge is 0.181 e. The molecule has 138 valence electrons. The van der Waals surface area contributed by atoms with Gasteiger partial charge in [0.2, 0.25) is 0 Å². The summed E-state index contributed by atoms with van der Waals surface area (Å²) >= 11 is 0. The lowest BCUT2D eigenvalue weighted by Gasteiger charge is -2.01. The third kappa shape index (κ3) is 3.96. The molecule has 2 aromatic carbocycles. The maximum atomic E-state index is 5.23. The quantitative estimate of drug-likeness (QED) is 0.511. The molecule has 4 rings (SSSR count). The minimum atomic E-state index is 0.573. The number of allylic oxidation sites excluding steroid dienone is 1. The molecule has 0 amide bonds. The molecule has 0 unspecified atom stereocenters. The van der Waals surface area contributed by atoms with E-state index in [2.05, 4.69) is 39.4 Å². The van der Waals surface area contributed by atoms with E-state index in [9.17, 15) is 0 Å². The fraction of sp³-hybridized carbons (Fsp3) is 0.0909. The van der Waals surface area contributed by atoms with Gasteiger partial charge in [-0.25, -0.2) is 14.6 Å². The molecule has 0 saturated heterocycles. The molecular weight excluding hydrogens is 350 g/mol. The average Bonchev–Trinajstić information content (AvgIpc) is 3.19. The topological polar surface area (TPSA) is 65.7 Å². The molecule has 0 bridgehead atoms. The van der Waals surface area contributed by atoms with Crippen molar-refractivity contribution in [2.24, 2.45) is 0 Å². The van der Waals surface area contributed by atoms with Crippen LogP contribution in [0.15, 0.2) is 79.3 Å². The van der Waals surface area contributed by atoms with E-state index in [0.29, 0.717) is 23.9 Å². The third-order valence-corrected chi connectivity index (χ3v) is 4.20. The summed E-state index contributed by atoms with van der Waals surface area (Å²) < 4.78 is 7.06. The maximum absolute atomic E-state index is 5.23. The van der Waals surface area contributed by atoms with Gasteiger partial charge in [0.1, 0.15) is 11.4 Å². The van der Waals surface area contributed by atoms with E-state index in [1.165, 1.54) is 0 Å². The molecular formula is C22H19N5O. The number of ether oxygens (including phenoxy) is 1. The summed E-state index contributed by atoms with van der Waals surface area (Å²) in [7, 11) is 1.65. The van der Waals surface area contributed by atoms with Gasteiger partial charge in [-0.05, 0) is 29.8 Å². The maximum Gasteiger partial charge on any atom is 0.181 e. The van der Waals surface area contributed by atoms with Gasteiger partial charge in [0, 0.05) is 18.0 Å². The van der Waals surface area contributed by atoms with Gasteiger partial charge in [0.05, 0.1) is 19.9 Å². The Kier molecular flexibility index (Phi) is 5.20. The van der Waals surface area contributed by atoms with Crippen molar-refractivity contribution in [2.75, 3.05) is 7.11 Å². The van der Waals surface area contributed by atoms with Crippen LogP contribution in [-0.2, 0) is 6.54 Å². The molecule has 2 heterocycles. The van der Waals surface area contributed by atoms with Gasteiger partial charge in [-0.2, -0.15) is 5.10 Å². The molecule has 0 aliphatic rings. The van der Waals surface area contributed by atoms with Crippen molar-refractivity contribution in [3.8, 4) is 28.7 Å². The average molecular weight is 369 g/mol. The van der Waals surface area contributed by atoms with Crippen LogP contribution < -0.4 is 4.74 Å². The second-order valence-corrected chi connectivity index (χ2v) is 6.07. The number of rotatable bonds is 6. The Morgan fingerprint density at radius 2 is 1.82 bits per heavy atom. The molecule has 2 aromatic heterocycles. The summed E-state index contributed by atoms with van der Waals surface area (Å²) in [4.78, 5) is 13.2. The first-order chi connectivity index (χ1) is 13.8. The lowest BCUT2D eigenvalue weighted by molar-refractivity contribution is 0.415. The first-order valence-electron chi connectivity index (χ1n) is 8.91. The fourth-order valence-corrected chi connectivity index (χ4v) is 2.79. The van der Waals surface area contributed by atoms with Crippen LogP contribution in [0.1, 0.15) is 5.56 Å². The van der Waals surface area contributed by atoms with Crippen molar-refractivity contribution in [2.45, 2.75) is 6.54 Å². The first kappa shape index (κ1) is 17.6. The highest BCUT2D eigenvalue weighted by Gasteiger charge is 2.14. The van der Waals surface area contributed by atoms with Crippen molar-refractivity contribution in [3.05, 3.63) is 84.8 Å². The molecule has 0 N–H and O–H groups in total. The van der Waals surface area contributed by atoms with Crippen LogP contribution in [0, 0.1) is 0 Å². The molecule has 0 spiro atoms. The van der Waals surface area contributed by atoms with Crippen molar-refractivity contribution in [3.63, 3.8) is 0 Å². The number of aromatic nitrogens is 5. The zero-order chi connectivity index (χ0) is 19.2. The molecule has 0 radical (unpaired) electrons. The summed E-state index contributed by atoms with van der Waals surface area (Å²) in [5.74, 6) is 2.11. The molecule has 6 nitrogen and oxygen atoms in total. The predicted molar refractivity (Wildman–Crippen MR) is 109 cm³/mol. The van der Waals surface area contributed by atoms with Crippen molar-refractivity contribution >= 4 is 6.08 Å². The summed E-state index contributed by atoms with van der Waals surface area (Å²) in [6, 6.07) is 17.8. The van der Waals surface area contributed by atoms with Crippen LogP contribution in [0.5, 0.6) is 5.75 Å². The predicted octanol–water partition coefficient (Wildman–Crippen LogP) is 4.12. The number of hydrogen-bond acceptors (Lipinski definition) is 5.